The Kier molecular flexibility index (Phi) is 3.83. The van der Waals surface area contributed by atoms with Crippen molar-refractivity contribution >= 4 is 28.3 Å². The fourth-order valence-electron chi connectivity index (χ4n) is 2.31. The molecule has 0 saturated carbocycles. The van der Waals surface area contributed by atoms with Crippen LogP contribution >= 0.6 is 11.6 Å². The fraction of sp³-hybridized carbons (Fsp3) is 0.0625. The molecule has 3 aromatic rings. The SMILES string of the molecule is O=C(O)c1nn(Cc2ccc(F)cc2Cl)c(=O)c2ccccc12. The zero-order valence-electron chi connectivity index (χ0n) is 11.7. The molecule has 23 heavy (non-hydrogen) atoms. The zero-order valence-corrected chi connectivity index (χ0v) is 12.4. The standard InChI is InChI=1S/C16H10ClFN2O3/c17-13-7-10(18)6-5-9(13)8-20-15(21)12-4-2-1-3-11(12)14(19-20)16(22)23/h1-7H,8H2,(H,22,23). The monoisotopic (exact) mass is 332 g/mol. The number of aromatic carboxylic acids is 1. The number of carboxylic acids is 1. The van der Waals surface area contributed by atoms with Crippen LogP contribution in [0.2, 0.25) is 5.02 Å². The third-order valence-electron chi connectivity index (χ3n) is 3.41. The van der Waals surface area contributed by atoms with Crippen LogP contribution in [0.1, 0.15) is 16.1 Å². The summed E-state index contributed by atoms with van der Waals surface area (Å²) in [4.78, 5) is 23.9. The third kappa shape index (κ3) is 2.80. The number of benzene rings is 2. The van der Waals surface area contributed by atoms with E-state index in [0.29, 0.717) is 5.56 Å². The number of carboxylic acid groups (broad SMARTS) is 1. The molecule has 1 heterocycles. The summed E-state index contributed by atoms with van der Waals surface area (Å²) in [6.07, 6.45) is 0. The molecule has 116 valence electrons. The van der Waals surface area contributed by atoms with Crippen LogP contribution in [0.5, 0.6) is 0 Å². The van der Waals surface area contributed by atoms with Crippen molar-refractivity contribution in [2.75, 3.05) is 0 Å². The molecule has 0 bridgehead atoms. The van der Waals surface area contributed by atoms with Crippen LogP contribution < -0.4 is 5.56 Å². The van der Waals surface area contributed by atoms with Crippen molar-refractivity contribution in [2.24, 2.45) is 0 Å². The lowest BCUT2D eigenvalue weighted by Gasteiger charge is -2.10. The molecule has 3 rings (SSSR count). The summed E-state index contributed by atoms with van der Waals surface area (Å²) < 4.78 is 14.1. The molecule has 0 radical (unpaired) electrons. The molecule has 0 unspecified atom stereocenters. The van der Waals surface area contributed by atoms with Crippen molar-refractivity contribution < 1.29 is 14.3 Å². The van der Waals surface area contributed by atoms with Crippen molar-refractivity contribution in [3.63, 3.8) is 0 Å². The Bertz CT molecular complexity index is 985. The van der Waals surface area contributed by atoms with Crippen LogP contribution in [0.25, 0.3) is 10.8 Å². The van der Waals surface area contributed by atoms with Gasteiger partial charge in [-0.3, -0.25) is 4.79 Å². The largest absolute Gasteiger partial charge is 0.476 e. The first-order valence-electron chi connectivity index (χ1n) is 6.64. The van der Waals surface area contributed by atoms with Crippen molar-refractivity contribution in [1.29, 1.82) is 0 Å². The van der Waals surface area contributed by atoms with E-state index in [1.165, 1.54) is 24.3 Å². The van der Waals surface area contributed by atoms with E-state index >= 15 is 0 Å². The molecule has 0 spiro atoms. The number of halogens is 2. The number of fused-ring (bicyclic) bond motifs is 1. The summed E-state index contributed by atoms with van der Waals surface area (Å²) in [5.74, 6) is -1.73. The highest BCUT2D eigenvalue weighted by Crippen LogP contribution is 2.19. The summed E-state index contributed by atoms with van der Waals surface area (Å²) in [7, 11) is 0. The Hall–Kier alpha value is -2.73. The first-order valence-corrected chi connectivity index (χ1v) is 7.02. The highest BCUT2D eigenvalue weighted by molar-refractivity contribution is 6.31. The van der Waals surface area contributed by atoms with E-state index in [1.807, 2.05) is 0 Å². The molecule has 7 heteroatoms. The van der Waals surface area contributed by atoms with Gasteiger partial charge in [0.2, 0.25) is 0 Å². The lowest BCUT2D eigenvalue weighted by atomic mass is 10.1. The van der Waals surface area contributed by atoms with Gasteiger partial charge in [0, 0.05) is 10.4 Å². The number of aromatic nitrogens is 2. The molecule has 5 nitrogen and oxygen atoms in total. The lowest BCUT2D eigenvalue weighted by Crippen LogP contribution is -2.26. The van der Waals surface area contributed by atoms with Crippen LogP contribution in [0, 0.1) is 5.82 Å². The fourth-order valence-corrected chi connectivity index (χ4v) is 2.54. The molecule has 0 saturated heterocycles. The Morgan fingerprint density at radius 2 is 1.91 bits per heavy atom. The van der Waals surface area contributed by atoms with Gasteiger partial charge in [-0.1, -0.05) is 35.9 Å². The van der Waals surface area contributed by atoms with Crippen LogP contribution in [0.3, 0.4) is 0 Å². The maximum absolute atomic E-state index is 13.1. The third-order valence-corrected chi connectivity index (χ3v) is 3.76. The Labute approximate surface area is 134 Å². The Morgan fingerprint density at radius 3 is 2.57 bits per heavy atom. The zero-order chi connectivity index (χ0) is 16.6. The first kappa shape index (κ1) is 15.2. The minimum absolute atomic E-state index is 0.0525. The minimum Gasteiger partial charge on any atom is -0.476 e. The van der Waals surface area contributed by atoms with Gasteiger partial charge in [-0.05, 0) is 23.8 Å². The number of carbonyl (C=O) groups is 1. The Balaban J connectivity index is 2.20. The quantitative estimate of drug-likeness (QED) is 0.800. The first-order chi connectivity index (χ1) is 11.0. The summed E-state index contributed by atoms with van der Waals surface area (Å²) in [6.45, 7) is -0.0525. The molecule has 0 fully saturated rings. The summed E-state index contributed by atoms with van der Waals surface area (Å²) in [5.41, 5.74) is -0.196. The lowest BCUT2D eigenvalue weighted by molar-refractivity contribution is 0.0690. The second-order valence-corrected chi connectivity index (χ2v) is 5.31. The van der Waals surface area contributed by atoms with E-state index in [0.717, 1.165) is 10.7 Å². The average Bonchev–Trinajstić information content (AvgIpc) is 2.52. The summed E-state index contributed by atoms with van der Waals surface area (Å²) >= 11 is 5.95. The topological polar surface area (TPSA) is 72.2 Å². The normalized spacial score (nSPS) is 10.9. The van der Waals surface area contributed by atoms with Gasteiger partial charge in [-0.2, -0.15) is 5.10 Å². The molecule has 0 aliphatic carbocycles. The molecule has 1 N–H and O–H groups in total. The second-order valence-electron chi connectivity index (χ2n) is 4.90. The molecule has 0 amide bonds. The second kappa shape index (κ2) is 5.81. The molecular weight excluding hydrogens is 323 g/mol. The van der Waals surface area contributed by atoms with E-state index in [9.17, 15) is 19.1 Å². The van der Waals surface area contributed by atoms with E-state index < -0.39 is 17.3 Å². The van der Waals surface area contributed by atoms with Gasteiger partial charge in [-0.25, -0.2) is 13.9 Å². The predicted octanol–water partition coefficient (Wildman–Crippen LogP) is 2.94. The van der Waals surface area contributed by atoms with Gasteiger partial charge < -0.3 is 5.11 Å². The van der Waals surface area contributed by atoms with Crippen molar-refractivity contribution in [1.82, 2.24) is 9.78 Å². The molecular formula is C16H10ClFN2O3. The van der Waals surface area contributed by atoms with E-state index in [4.69, 9.17) is 11.6 Å². The maximum Gasteiger partial charge on any atom is 0.357 e. The van der Waals surface area contributed by atoms with Gasteiger partial charge in [-0.15, -0.1) is 0 Å². The van der Waals surface area contributed by atoms with Crippen LogP contribution in [0.4, 0.5) is 4.39 Å². The van der Waals surface area contributed by atoms with E-state index in [1.54, 1.807) is 12.1 Å². The maximum atomic E-state index is 13.1. The minimum atomic E-state index is -1.24. The molecule has 0 aliphatic rings. The number of nitrogens with zero attached hydrogens (tertiary/aromatic N) is 2. The van der Waals surface area contributed by atoms with Crippen LogP contribution in [-0.2, 0) is 6.54 Å². The molecule has 0 aliphatic heterocycles. The van der Waals surface area contributed by atoms with E-state index in [-0.39, 0.29) is 28.0 Å². The van der Waals surface area contributed by atoms with Crippen molar-refractivity contribution in [3.05, 3.63) is 74.9 Å². The highest BCUT2D eigenvalue weighted by atomic mass is 35.5. The number of hydrogen-bond acceptors (Lipinski definition) is 3. The molecule has 2 aromatic carbocycles. The summed E-state index contributed by atoms with van der Waals surface area (Å²) in [6, 6.07) is 10.1. The molecule has 1 aromatic heterocycles. The van der Waals surface area contributed by atoms with Gasteiger partial charge in [0.1, 0.15) is 5.82 Å². The van der Waals surface area contributed by atoms with Crippen LogP contribution in [0.15, 0.2) is 47.3 Å². The van der Waals surface area contributed by atoms with Gasteiger partial charge in [0.05, 0.1) is 11.9 Å². The molecule has 0 atom stereocenters. The smallest absolute Gasteiger partial charge is 0.357 e. The van der Waals surface area contributed by atoms with Crippen LogP contribution in [-0.4, -0.2) is 20.9 Å². The Morgan fingerprint density at radius 1 is 1.22 bits per heavy atom. The predicted molar refractivity (Wildman–Crippen MR) is 83.5 cm³/mol. The summed E-state index contributed by atoms with van der Waals surface area (Å²) in [5, 5.41) is 13.9. The average molecular weight is 333 g/mol. The van der Waals surface area contributed by atoms with Crippen molar-refractivity contribution in [2.45, 2.75) is 6.54 Å². The van der Waals surface area contributed by atoms with Gasteiger partial charge in [0.15, 0.2) is 5.69 Å². The van der Waals surface area contributed by atoms with Gasteiger partial charge in [0.25, 0.3) is 5.56 Å². The number of hydrogen-bond donors (Lipinski definition) is 1. The van der Waals surface area contributed by atoms with E-state index in [2.05, 4.69) is 5.10 Å². The number of rotatable bonds is 3. The van der Waals surface area contributed by atoms with Gasteiger partial charge >= 0.3 is 5.97 Å². The highest BCUT2D eigenvalue weighted by Gasteiger charge is 2.16. The van der Waals surface area contributed by atoms with Crippen molar-refractivity contribution in [3.8, 4) is 0 Å².